The Morgan fingerprint density at radius 3 is 2.57 bits per heavy atom. The van der Waals surface area contributed by atoms with Crippen molar-refractivity contribution in [3.8, 4) is 11.8 Å². The number of pyridine rings is 1. The van der Waals surface area contributed by atoms with E-state index in [0.29, 0.717) is 37.4 Å². The molecule has 2 saturated heterocycles. The summed E-state index contributed by atoms with van der Waals surface area (Å²) in [4.78, 5) is 29.6. The molecule has 124 valence electrons. The fourth-order valence-corrected chi connectivity index (χ4v) is 2.82. The molecule has 0 bridgehead atoms. The summed E-state index contributed by atoms with van der Waals surface area (Å²) in [5, 5.41) is 0. The highest BCUT2D eigenvalue weighted by molar-refractivity contribution is 5.96. The van der Waals surface area contributed by atoms with E-state index in [0.717, 1.165) is 0 Å². The monoisotopic (exact) mass is 322 g/mol. The first-order valence-corrected chi connectivity index (χ1v) is 7.31. The minimum absolute atomic E-state index is 0.169. The van der Waals surface area contributed by atoms with Gasteiger partial charge in [-0.3, -0.25) is 4.79 Å². The molecule has 8 nitrogen and oxygen atoms in total. The molecule has 2 aliphatic heterocycles. The van der Waals surface area contributed by atoms with Gasteiger partial charge in [-0.25, -0.2) is 4.79 Å². The zero-order valence-corrected chi connectivity index (χ0v) is 13.0. The smallest absolute Gasteiger partial charge is 0.481 e. The Morgan fingerprint density at radius 2 is 2.00 bits per heavy atom. The number of nitrogens with zero attached hydrogens (tertiary/aromatic N) is 2. The van der Waals surface area contributed by atoms with Crippen molar-refractivity contribution in [2.45, 2.75) is 18.4 Å². The predicted octanol–water partition coefficient (Wildman–Crippen LogP) is 1.24. The van der Waals surface area contributed by atoms with Gasteiger partial charge in [-0.1, -0.05) is 0 Å². The van der Waals surface area contributed by atoms with E-state index < -0.39 is 11.8 Å². The number of ether oxygens (including phenoxy) is 4. The van der Waals surface area contributed by atoms with Crippen molar-refractivity contribution in [3.63, 3.8) is 0 Å². The van der Waals surface area contributed by atoms with Gasteiger partial charge in [0.15, 0.2) is 5.60 Å². The van der Waals surface area contributed by atoms with Crippen molar-refractivity contribution in [3.05, 3.63) is 17.7 Å². The molecule has 2 aliphatic rings. The van der Waals surface area contributed by atoms with Crippen LogP contribution < -0.4 is 9.47 Å². The normalized spacial score (nSPS) is 19.2. The minimum atomic E-state index is -0.634. The van der Waals surface area contributed by atoms with Crippen molar-refractivity contribution < 1.29 is 28.5 Å². The molecule has 1 amide bonds. The van der Waals surface area contributed by atoms with Crippen LogP contribution in [0.1, 0.15) is 23.2 Å². The highest BCUT2D eigenvalue weighted by Gasteiger charge is 2.45. The molecule has 0 unspecified atom stereocenters. The molecule has 23 heavy (non-hydrogen) atoms. The van der Waals surface area contributed by atoms with E-state index in [4.69, 9.17) is 18.9 Å². The molecule has 0 atom stereocenters. The van der Waals surface area contributed by atoms with Crippen molar-refractivity contribution in [2.24, 2.45) is 0 Å². The van der Waals surface area contributed by atoms with Gasteiger partial charge >= 0.3 is 6.16 Å². The number of carbonyl (C=O) groups is 2. The number of methoxy groups -OCH3 is 2. The maximum atomic E-state index is 12.7. The Balaban J connectivity index is 1.71. The van der Waals surface area contributed by atoms with Crippen LogP contribution in [-0.2, 0) is 9.47 Å². The van der Waals surface area contributed by atoms with Crippen LogP contribution in [0.2, 0.25) is 0 Å². The summed E-state index contributed by atoms with van der Waals surface area (Å²) in [6.07, 6.45) is 0.470. The fraction of sp³-hybridized carbons (Fsp3) is 0.533. The fourth-order valence-electron chi connectivity index (χ4n) is 2.82. The van der Waals surface area contributed by atoms with Gasteiger partial charge in [0.1, 0.15) is 12.2 Å². The Kier molecular flexibility index (Phi) is 3.97. The summed E-state index contributed by atoms with van der Waals surface area (Å²) in [6.45, 7) is 1.20. The van der Waals surface area contributed by atoms with E-state index in [2.05, 4.69) is 4.98 Å². The van der Waals surface area contributed by atoms with Crippen LogP contribution in [0, 0.1) is 0 Å². The topological polar surface area (TPSA) is 87.2 Å². The lowest BCUT2D eigenvalue weighted by atomic mass is 9.92. The molecule has 1 aromatic heterocycles. The SMILES string of the molecule is COc1ccc(C(=O)N2CCC3(CC2)COC(=O)O3)c(OC)n1. The Morgan fingerprint density at radius 1 is 1.26 bits per heavy atom. The first-order valence-electron chi connectivity index (χ1n) is 7.31. The summed E-state index contributed by atoms with van der Waals surface area (Å²) in [7, 11) is 2.96. The third-order valence-electron chi connectivity index (χ3n) is 4.18. The van der Waals surface area contributed by atoms with E-state index in [9.17, 15) is 9.59 Å². The highest BCUT2D eigenvalue weighted by Crippen LogP contribution is 2.32. The first kappa shape index (κ1) is 15.4. The number of hydrogen-bond donors (Lipinski definition) is 0. The van der Waals surface area contributed by atoms with Crippen LogP contribution in [0.5, 0.6) is 11.8 Å². The second-order valence-corrected chi connectivity index (χ2v) is 5.53. The van der Waals surface area contributed by atoms with Crippen LogP contribution in [0.3, 0.4) is 0 Å². The summed E-state index contributed by atoms with van der Waals surface area (Å²) in [5.74, 6) is 0.438. The average molecular weight is 322 g/mol. The van der Waals surface area contributed by atoms with Crippen molar-refractivity contribution in [1.29, 1.82) is 0 Å². The molecular formula is C15H18N2O6. The maximum Gasteiger partial charge on any atom is 0.509 e. The number of rotatable bonds is 3. The van der Waals surface area contributed by atoms with Crippen molar-refractivity contribution in [1.82, 2.24) is 9.88 Å². The van der Waals surface area contributed by atoms with Gasteiger partial charge in [0.05, 0.1) is 14.2 Å². The van der Waals surface area contributed by atoms with Gasteiger partial charge in [-0.15, -0.1) is 0 Å². The zero-order chi connectivity index (χ0) is 16.4. The Bertz CT molecular complexity index is 624. The average Bonchev–Trinajstić information content (AvgIpc) is 2.94. The van der Waals surface area contributed by atoms with Crippen molar-refractivity contribution in [2.75, 3.05) is 33.9 Å². The molecule has 0 aromatic carbocycles. The molecule has 1 aromatic rings. The summed E-state index contributed by atoms with van der Waals surface area (Å²) >= 11 is 0. The molecule has 3 rings (SSSR count). The highest BCUT2D eigenvalue weighted by atomic mass is 16.8. The second kappa shape index (κ2) is 5.94. The number of likely N-dealkylation sites (tertiary alicyclic amines) is 1. The molecule has 0 saturated carbocycles. The first-order chi connectivity index (χ1) is 11.1. The van der Waals surface area contributed by atoms with Crippen LogP contribution in [-0.4, -0.2) is 61.5 Å². The third-order valence-corrected chi connectivity index (χ3v) is 4.18. The van der Waals surface area contributed by atoms with E-state index in [1.54, 1.807) is 17.0 Å². The minimum Gasteiger partial charge on any atom is -0.481 e. The van der Waals surface area contributed by atoms with Gasteiger partial charge in [-0.05, 0) is 6.07 Å². The molecule has 3 heterocycles. The van der Waals surface area contributed by atoms with E-state index in [1.807, 2.05) is 0 Å². The third kappa shape index (κ3) is 2.88. The predicted molar refractivity (Wildman–Crippen MR) is 77.6 cm³/mol. The second-order valence-electron chi connectivity index (χ2n) is 5.53. The standard InChI is InChI=1S/C15H18N2O6/c1-20-11-4-3-10(12(16-11)21-2)13(18)17-7-5-15(6-8-17)9-22-14(19)23-15/h3-4H,5-9H2,1-2H3. The van der Waals surface area contributed by atoms with Crippen molar-refractivity contribution >= 4 is 12.1 Å². The van der Waals surface area contributed by atoms with Gasteiger partial charge in [0.2, 0.25) is 11.8 Å². The zero-order valence-electron chi connectivity index (χ0n) is 13.0. The molecule has 2 fully saturated rings. The molecular weight excluding hydrogens is 304 g/mol. The molecule has 8 heteroatoms. The van der Waals surface area contributed by atoms with E-state index in [-0.39, 0.29) is 18.4 Å². The van der Waals surface area contributed by atoms with Crippen LogP contribution in [0.15, 0.2) is 12.1 Å². The van der Waals surface area contributed by atoms with Gasteiger partial charge in [-0.2, -0.15) is 4.98 Å². The lowest BCUT2D eigenvalue weighted by Gasteiger charge is -2.36. The molecule has 0 aliphatic carbocycles. The lowest BCUT2D eigenvalue weighted by Crippen LogP contribution is -2.48. The lowest BCUT2D eigenvalue weighted by molar-refractivity contribution is 0.00273. The molecule has 0 N–H and O–H groups in total. The number of aromatic nitrogens is 1. The summed E-state index contributed by atoms with van der Waals surface area (Å²) in [6, 6.07) is 3.25. The van der Waals surface area contributed by atoms with E-state index in [1.165, 1.54) is 14.2 Å². The van der Waals surface area contributed by atoms with Crippen LogP contribution >= 0.6 is 0 Å². The number of hydrogen-bond acceptors (Lipinski definition) is 7. The number of cyclic esters (lactones) is 1. The van der Waals surface area contributed by atoms with Crippen LogP contribution in [0.25, 0.3) is 0 Å². The number of carbonyl (C=O) groups excluding carboxylic acids is 2. The number of piperidine rings is 1. The van der Waals surface area contributed by atoms with Crippen LogP contribution in [0.4, 0.5) is 4.79 Å². The Labute approximate surface area is 133 Å². The summed E-state index contributed by atoms with van der Waals surface area (Å²) in [5.41, 5.74) is -0.209. The Hall–Kier alpha value is -2.51. The molecule has 0 radical (unpaired) electrons. The summed E-state index contributed by atoms with van der Waals surface area (Å²) < 4.78 is 20.3. The van der Waals surface area contributed by atoms with Gasteiger partial charge in [0, 0.05) is 32.0 Å². The van der Waals surface area contributed by atoms with Gasteiger partial charge in [0.25, 0.3) is 5.91 Å². The van der Waals surface area contributed by atoms with E-state index >= 15 is 0 Å². The quantitative estimate of drug-likeness (QED) is 0.774. The van der Waals surface area contributed by atoms with Gasteiger partial charge < -0.3 is 23.8 Å². The molecule has 1 spiro atoms. The number of amides is 1. The largest absolute Gasteiger partial charge is 0.509 e. The maximum absolute atomic E-state index is 12.7.